The molecule has 1 aromatic heterocycles. The molecule has 3 heteroatoms. The number of fused-ring (bicyclic) bond motifs is 1. The molecule has 0 saturated heterocycles. The zero-order valence-electron chi connectivity index (χ0n) is 11.1. The van der Waals surface area contributed by atoms with E-state index >= 15 is 0 Å². The average Bonchev–Trinajstić information content (AvgIpc) is 2.47. The Morgan fingerprint density at radius 2 is 2.05 bits per heavy atom. The number of aromatic nitrogens is 2. The Balaban J connectivity index is 1.92. The first kappa shape index (κ1) is 12.2. The number of hydrogen-bond acceptors (Lipinski definition) is 3. The Kier molecular flexibility index (Phi) is 3.20. The maximum absolute atomic E-state index is 9.31. The molecule has 0 spiro atoms. The summed E-state index contributed by atoms with van der Waals surface area (Å²) in [6, 6.07) is 7.06. The summed E-state index contributed by atoms with van der Waals surface area (Å²) in [6.45, 7) is 2.25. The van der Waals surface area contributed by atoms with Crippen molar-refractivity contribution in [2.24, 2.45) is 5.92 Å². The average molecular weight is 254 g/mol. The molecule has 2 aromatic rings. The molecule has 0 aliphatic heterocycles. The highest BCUT2D eigenvalue weighted by molar-refractivity contribution is 5.56. The van der Waals surface area contributed by atoms with Crippen molar-refractivity contribution in [3.8, 4) is 17.1 Å². The van der Waals surface area contributed by atoms with Crippen LogP contribution in [0.3, 0.4) is 0 Å². The summed E-state index contributed by atoms with van der Waals surface area (Å²) in [6.07, 6.45) is 6.62. The zero-order chi connectivity index (χ0) is 13.2. The van der Waals surface area contributed by atoms with Gasteiger partial charge in [0.05, 0.1) is 0 Å². The third-order valence-corrected chi connectivity index (χ3v) is 3.96. The van der Waals surface area contributed by atoms with Crippen LogP contribution in [0.25, 0.3) is 11.4 Å². The van der Waals surface area contributed by atoms with Crippen LogP contribution in [0.5, 0.6) is 5.75 Å². The topological polar surface area (TPSA) is 46.0 Å². The molecular weight excluding hydrogens is 236 g/mol. The highest BCUT2D eigenvalue weighted by Gasteiger charge is 2.19. The number of hydrogen-bond donors (Lipinski definition) is 1. The highest BCUT2D eigenvalue weighted by atomic mass is 16.3. The Labute approximate surface area is 113 Å². The van der Waals surface area contributed by atoms with Gasteiger partial charge >= 0.3 is 0 Å². The molecule has 0 saturated carbocycles. The lowest BCUT2D eigenvalue weighted by molar-refractivity contribution is 0.438. The number of phenolic OH excluding ortho intramolecular Hbond substituents is 1. The van der Waals surface area contributed by atoms with Gasteiger partial charge in [0, 0.05) is 17.5 Å². The lowest BCUT2D eigenvalue weighted by atomic mass is 9.86. The normalized spacial score (nSPS) is 18.1. The van der Waals surface area contributed by atoms with Gasteiger partial charge in [-0.2, -0.15) is 0 Å². The zero-order valence-corrected chi connectivity index (χ0v) is 11.1. The van der Waals surface area contributed by atoms with Gasteiger partial charge in [0.1, 0.15) is 5.75 Å². The van der Waals surface area contributed by atoms with E-state index in [-0.39, 0.29) is 5.75 Å². The van der Waals surface area contributed by atoms with Gasteiger partial charge in [-0.1, -0.05) is 13.3 Å². The van der Waals surface area contributed by atoms with E-state index in [9.17, 15) is 5.11 Å². The SMILES string of the molecule is CCC1CCc2nc(-c3ccc(O)cc3)ncc2C1. The largest absolute Gasteiger partial charge is 0.508 e. The van der Waals surface area contributed by atoms with E-state index < -0.39 is 0 Å². The van der Waals surface area contributed by atoms with Gasteiger partial charge in [-0.25, -0.2) is 9.97 Å². The maximum Gasteiger partial charge on any atom is 0.159 e. The number of nitrogens with zero attached hydrogens (tertiary/aromatic N) is 2. The quantitative estimate of drug-likeness (QED) is 0.893. The second-order valence-corrected chi connectivity index (χ2v) is 5.23. The fourth-order valence-corrected chi connectivity index (χ4v) is 2.68. The van der Waals surface area contributed by atoms with Crippen molar-refractivity contribution < 1.29 is 5.11 Å². The van der Waals surface area contributed by atoms with Gasteiger partial charge in [0.2, 0.25) is 0 Å². The molecule has 1 heterocycles. The third-order valence-electron chi connectivity index (χ3n) is 3.96. The number of aromatic hydroxyl groups is 1. The summed E-state index contributed by atoms with van der Waals surface area (Å²) in [5, 5.41) is 9.31. The highest BCUT2D eigenvalue weighted by Crippen LogP contribution is 2.27. The standard InChI is InChI=1S/C16H18N2O/c1-2-11-3-8-15-13(9-11)10-17-16(18-15)12-4-6-14(19)7-5-12/h4-7,10-11,19H,2-3,8-9H2,1H3. The number of aryl methyl sites for hydroxylation is 1. The first-order chi connectivity index (χ1) is 9.26. The van der Waals surface area contributed by atoms with Gasteiger partial charge in [-0.15, -0.1) is 0 Å². The molecule has 1 atom stereocenters. The second kappa shape index (κ2) is 5.00. The summed E-state index contributed by atoms with van der Waals surface area (Å²) in [4.78, 5) is 9.16. The Hall–Kier alpha value is -1.90. The fraction of sp³-hybridized carbons (Fsp3) is 0.375. The smallest absolute Gasteiger partial charge is 0.159 e. The molecule has 1 N–H and O–H groups in total. The van der Waals surface area contributed by atoms with Crippen molar-refractivity contribution in [2.45, 2.75) is 32.6 Å². The van der Waals surface area contributed by atoms with Crippen LogP contribution in [-0.2, 0) is 12.8 Å². The van der Waals surface area contributed by atoms with Crippen molar-refractivity contribution in [3.63, 3.8) is 0 Å². The van der Waals surface area contributed by atoms with Gasteiger partial charge in [0.15, 0.2) is 5.82 Å². The number of phenols is 1. The molecule has 98 valence electrons. The van der Waals surface area contributed by atoms with Crippen LogP contribution in [0.15, 0.2) is 30.5 Å². The van der Waals surface area contributed by atoms with E-state index in [2.05, 4.69) is 16.9 Å². The van der Waals surface area contributed by atoms with Crippen molar-refractivity contribution >= 4 is 0 Å². The van der Waals surface area contributed by atoms with Crippen molar-refractivity contribution in [1.29, 1.82) is 0 Å². The molecule has 0 amide bonds. The minimum atomic E-state index is 0.271. The Bertz CT molecular complexity index is 578. The minimum absolute atomic E-state index is 0.271. The van der Waals surface area contributed by atoms with E-state index in [4.69, 9.17) is 0 Å². The van der Waals surface area contributed by atoms with Crippen LogP contribution in [0.4, 0.5) is 0 Å². The van der Waals surface area contributed by atoms with Crippen LogP contribution in [0, 0.1) is 5.92 Å². The van der Waals surface area contributed by atoms with Gasteiger partial charge in [0.25, 0.3) is 0 Å². The molecule has 3 rings (SSSR count). The van der Waals surface area contributed by atoms with Crippen LogP contribution >= 0.6 is 0 Å². The van der Waals surface area contributed by atoms with E-state index in [0.717, 1.165) is 30.1 Å². The first-order valence-electron chi connectivity index (χ1n) is 6.90. The predicted octanol–water partition coefficient (Wildman–Crippen LogP) is 3.36. The number of benzene rings is 1. The Morgan fingerprint density at radius 1 is 1.26 bits per heavy atom. The third kappa shape index (κ3) is 2.46. The van der Waals surface area contributed by atoms with Crippen LogP contribution in [0.2, 0.25) is 0 Å². The molecule has 0 fully saturated rings. The van der Waals surface area contributed by atoms with Crippen molar-refractivity contribution in [3.05, 3.63) is 41.7 Å². The lowest BCUT2D eigenvalue weighted by Gasteiger charge is -2.22. The van der Waals surface area contributed by atoms with Crippen LogP contribution < -0.4 is 0 Å². The van der Waals surface area contributed by atoms with E-state index in [1.165, 1.54) is 24.1 Å². The monoisotopic (exact) mass is 254 g/mol. The molecule has 1 aliphatic rings. The minimum Gasteiger partial charge on any atom is -0.508 e. The van der Waals surface area contributed by atoms with E-state index in [0.29, 0.717) is 0 Å². The molecule has 3 nitrogen and oxygen atoms in total. The summed E-state index contributed by atoms with van der Waals surface area (Å²) in [7, 11) is 0. The van der Waals surface area contributed by atoms with E-state index in [1.807, 2.05) is 18.3 Å². The lowest BCUT2D eigenvalue weighted by Crippen LogP contribution is -2.15. The summed E-state index contributed by atoms with van der Waals surface area (Å²) in [5.41, 5.74) is 3.46. The van der Waals surface area contributed by atoms with Gasteiger partial charge < -0.3 is 5.11 Å². The van der Waals surface area contributed by atoms with Crippen LogP contribution in [0.1, 0.15) is 31.0 Å². The van der Waals surface area contributed by atoms with Crippen molar-refractivity contribution in [1.82, 2.24) is 9.97 Å². The summed E-state index contributed by atoms with van der Waals surface area (Å²) < 4.78 is 0. The fourth-order valence-electron chi connectivity index (χ4n) is 2.68. The Morgan fingerprint density at radius 3 is 2.79 bits per heavy atom. The molecular formula is C16H18N2O. The maximum atomic E-state index is 9.31. The molecule has 1 aliphatic carbocycles. The van der Waals surface area contributed by atoms with Gasteiger partial charge in [-0.3, -0.25) is 0 Å². The second-order valence-electron chi connectivity index (χ2n) is 5.23. The molecule has 19 heavy (non-hydrogen) atoms. The van der Waals surface area contributed by atoms with E-state index in [1.54, 1.807) is 12.1 Å². The summed E-state index contributed by atoms with van der Waals surface area (Å²) >= 11 is 0. The molecule has 0 radical (unpaired) electrons. The van der Waals surface area contributed by atoms with Crippen molar-refractivity contribution in [2.75, 3.05) is 0 Å². The van der Waals surface area contributed by atoms with Gasteiger partial charge in [-0.05, 0) is 55.0 Å². The summed E-state index contributed by atoms with van der Waals surface area (Å²) in [5.74, 6) is 1.82. The number of rotatable bonds is 2. The first-order valence-corrected chi connectivity index (χ1v) is 6.90. The van der Waals surface area contributed by atoms with Crippen LogP contribution in [-0.4, -0.2) is 15.1 Å². The predicted molar refractivity (Wildman–Crippen MR) is 74.9 cm³/mol. The molecule has 1 unspecified atom stereocenters. The molecule has 0 bridgehead atoms. The molecule has 1 aromatic carbocycles.